The summed E-state index contributed by atoms with van der Waals surface area (Å²) in [5, 5.41) is 18.4. The monoisotopic (exact) mass is 444 g/mol. The number of carbonyl (C=O) groups excluding carboxylic acids is 1. The second-order valence-electron chi connectivity index (χ2n) is 5.91. The first-order valence-corrected chi connectivity index (χ1v) is 9.98. The van der Waals surface area contributed by atoms with Crippen molar-refractivity contribution in [1.29, 1.82) is 0 Å². The summed E-state index contributed by atoms with van der Waals surface area (Å²) < 4.78 is 2.54. The molecule has 1 amide bonds. The third-order valence-corrected chi connectivity index (χ3v) is 5.69. The molecule has 0 unspecified atom stereocenters. The maximum atomic E-state index is 12.7. The molecule has 1 aliphatic heterocycles. The molecule has 0 bridgehead atoms. The smallest absolute Gasteiger partial charge is 0.269 e. The molecule has 1 N–H and O–H groups in total. The highest BCUT2D eigenvalue weighted by atomic mass is 79.9. The molecule has 2 heterocycles. The predicted molar refractivity (Wildman–Crippen MR) is 107 cm³/mol. The van der Waals surface area contributed by atoms with Crippen LogP contribution in [-0.2, 0) is 11.5 Å². The van der Waals surface area contributed by atoms with Gasteiger partial charge < -0.3 is 5.32 Å². The maximum Gasteiger partial charge on any atom is 0.269 e. The number of nitrogens with zero attached hydrogens (tertiary/aromatic N) is 3. The van der Waals surface area contributed by atoms with E-state index in [1.165, 1.54) is 12.1 Å². The number of aromatic nitrogens is 2. The van der Waals surface area contributed by atoms with Crippen LogP contribution in [-0.4, -0.2) is 20.6 Å². The van der Waals surface area contributed by atoms with Crippen molar-refractivity contribution in [2.75, 3.05) is 5.32 Å². The molecule has 0 aliphatic carbocycles. The summed E-state index contributed by atoms with van der Waals surface area (Å²) >= 11 is 5.09. The highest BCUT2D eigenvalue weighted by Crippen LogP contribution is 2.36. The number of hydrogen-bond acceptors (Lipinski definition) is 5. The van der Waals surface area contributed by atoms with Gasteiger partial charge in [0.1, 0.15) is 5.82 Å². The predicted octanol–water partition coefficient (Wildman–Crippen LogP) is 4.54. The molecular formula is C18H13BrN4O3S. The van der Waals surface area contributed by atoms with Gasteiger partial charge in [0.2, 0.25) is 0 Å². The van der Waals surface area contributed by atoms with Crippen LogP contribution in [0.5, 0.6) is 0 Å². The van der Waals surface area contributed by atoms with Crippen molar-refractivity contribution in [3.63, 3.8) is 0 Å². The minimum absolute atomic E-state index is 0.00875. The van der Waals surface area contributed by atoms with Crippen molar-refractivity contribution < 1.29 is 9.72 Å². The van der Waals surface area contributed by atoms with Crippen LogP contribution in [0.3, 0.4) is 0 Å². The molecular weight excluding hydrogens is 432 g/mol. The molecule has 1 aromatic heterocycles. The number of nitrogens with one attached hydrogen (secondary N) is 1. The largest absolute Gasteiger partial charge is 0.306 e. The summed E-state index contributed by atoms with van der Waals surface area (Å²) in [7, 11) is 0. The number of amides is 1. The molecule has 2 aromatic carbocycles. The molecule has 1 aliphatic rings. The minimum Gasteiger partial charge on any atom is -0.306 e. The molecule has 0 saturated heterocycles. The van der Waals surface area contributed by atoms with Gasteiger partial charge >= 0.3 is 0 Å². The Hall–Kier alpha value is -2.65. The lowest BCUT2D eigenvalue weighted by molar-refractivity contribution is -0.384. The third kappa shape index (κ3) is 3.47. The number of anilines is 1. The van der Waals surface area contributed by atoms with Crippen LogP contribution in [0.15, 0.2) is 53.0 Å². The van der Waals surface area contributed by atoms with E-state index in [-0.39, 0.29) is 11.6 Å². The van der Waals surface area contributed by atoms with Gasteiger partial charge in [0.15, 0.2) is 0 Å². The van der Waals surface area contributed by atoms with Crippen LogP contribution in [0.25, 0.3) is 5.69 Å². The van der Waals surface area contributed by atoms with Gasteiger partial charge in [-0.3, -0.25) is 14.9 Å². The highest BCUT2D eigenvalue weighted by Gasteiger charge is 2.25. The SMILES string of the molecule is O=C(Nc1c2c(nn1-c1ccc([N+](=O)[O-])cc1)CSC2)c1ccc(Br)cc1. The third-order valence-electron chi connectivity index (χ3n) is 4.20. The number of benzene rings is 2. The van der Waals surface area contributed by atoms with Gasteiger partial charge in [-0.2, -0.15) is 16.9 Å². The molecule has 0 spiro atoms. The molecule has 0 fully saturated rings. The van der Waals surface area contributed by atoms with Crippen LogP contribution in [0, 0.1) is 10.1 Å². The van der Waals surface area contributed by atoms with Crippen molar-refractivity contribution in [1.82, 2.24) is 9.78 Å². The van der Waals surface area contributed by atoms with Gasteiger partial charge in [0.05, 0.1) is 16.3 Å². The average molecular weight is 445 g/mol. The van der Waals surface area contributed by atoms with E-state index in [9.17, 15) is 14.9 Å². The summed E-state index contributed by atoms with van der Waals surface area (Å²) in [6.45, 7) is 0. The molecule has 4 rings (SSSR count). The summed E-state index contributed by atoms with van der Waals surface area (Å²) in [6, 6.07) is 13.2. The summed E-state index contributed by atoms with van der Waals surface area (Å²) in [6.07, 6.45) is 0. The fourth-order valence-electron chi connectivity index (χ4n) is 2.82. The van der Waals surface area contributed by atoms with E-state index in [1.807, 2.05) is 12.1 Å². The minimum atomic E-state index is -0.445. The van der Waals surface area contributed by atoms with Crippen LogP contribution in [0.1, 0.15) is 21.6 Å². The van der Waals surface area contributed by atoms with Gasteiger partial charge in [-0.05, 0) is 36.4 Å². The Balaban J connectivity index is 1.70. The fraction of sp³-hybridized carbons (Fsp3) is 0.111. The van der Waals surface area contributed by atoms with Crippen LogP contribution in [0.2, 0.25) is 0 Å². The van der Waals surface area contributed by atoms with E-state index in [0.717, 1.165) is 27.2 Å². The number of halogens is 1. The first-order valence-electron chi connectivity index (χ1n) is 8.03. The molecule has 27 heavy (non-hydrogen) atoms. The van der Waals surface area contributed by atoms with E-state index < -0.39 is 4.92 Å². The summed E-state index contributed by atoms with van der Waals surface area (Å²) in [4.78, 5) is 23.1. The van der Waals surface area contributed by atoms with E-state index in [4.69, 9.17) is 0 Å². The number of hydrogen-bond donors (Lipinski definition) is 1. The highest BCUT2D eigenvalue weighted by molar-refractivity contribution is 9.10. The zero-order valence-corrected chi connectivity index (χ0v) is 16.3. The molecule has 136 valence electrons. The van der Waals surface area contributed by atoms with Crippen LogP contribution in [0.4, 0.5) is 11.5 Å². The first-order chi connectivity index (χ1) is 13.0. The van der Waals surface area contributed by atoms with E-state index in [1.54, 1.807) is 40.7 Å². The number of non-ortho nitro benzene ring substituents is 1. The number of nitro benzene ring substituents is 1. The van der Waals surface area contributed by atoms with E-state index >= 15 is 0 Å². The summed E-state index contributed by atoms with van der Waals surface area (Å²) in [5.41, 5.74) is 3.11. The van der Waals surface area contributed by atoms with Gasteiger partial charge in [-0.15, -0.1) is 0 Å². The van der Waals surface area contributed by atoms with Gasteiger partial charge in [0.25, 0.3) is 11.6 Å². The number of rotatable bonds is 4. The van der Waals surface area contributed by atoms with Crippen molar-refractivity contribution in [3.05, 3.63) is 79.9 Å². The zero-order chi connectivity index (χ0) is 19.0. The molecule has 0 radical (unpaired) electrons. The van der Waals surface area contributed by atoms with E-state index in [0.29, 0.717) is 17.1 Å². The Bertz CT molecular complexity index is 1030. The Kier molecular flexibility index (Phi) is 4.71. The Morgan fingerprint density at radius 3 is 2.52 bits per heavy atom. The standard InChI is InChI=1S/C18H13BrN4O3S/c19-12-3-1-11(2-4-12)18(24)20-17-15-9-27-10-16(15)21-22(17)13-5-7-14(8-6-13)23(25)26/h1-8H,9-10H2,(H,20,24). The Morgan fingerprint density at radius 2 is 1.85 bits per heavy atom. The van der Waals surface area contributed by atoms with Crippen molar-refractivity contribution in [3.8, 4) is 5.69 Å². The zero-order valence-electron chi connectivity index (χ0n) is 13.9. The molecule has 0 atom stereocenters. The molecule has 0 saturated carbocycles. The molecule has 7 nitrogen and oxygen atoms in total. The fourth-order valence-corrected chi connectivity index (χ4v) is 4.12. The molecule has 3 aromatic rings. The van der Waals surface area contributed by atoms with Gasteiger partial charge in [-0.1, -0.05) is 15.9 Å². The Labute approximate surface area is 167 Å². The number of nitro groups is 1. The van der Waals surface area contributed by atoms with Crippen molar-refractivity contribution in [2.24, 2.45) is 0 Å². The quantitative estimate of drug-likeness (QED) is 0.471. The molecule has 9 heteroatoms. The van der Waals surface area contributed by atoms with Gasteiger partial charge in [-0.25, -0.2) is 4.68 Å². The average Bonchev–Trinajstić information content (AvgIpc) is 3.25. The lowest BCUT2D eigenvalue weighted by atomic mass is 10.2. The number of carbonyl (C=O) groups is 1. The van der Waals surface area contributed by atoms with Crippen molar-refractivity contribution >= 4 is 45.1 Å². The first kappa shape index (κ1) is 17.7. The lowest BCUT2D eigenvalue weighted by Gasteiger charge is -2.11. The van der Waals surface area contributed by atoms with Crippen LogP contribution >= 0.6 is 27.7 Å². The topological polar surface area (TPSA) is 90.1 Å². The van der Waals surface area contributed by atoms with Crippen molar-refractivity contribution in [2.45, 2.75) is 11.5 Å². The summed E-state index contributed by atoms with van der Waals surface area (Å²) in [5.74, 6) is 1.91. The Morgan fingerprint density at radius 1 is 1.15 bits per heavy atom. The normalized spacial score (nSPS) is 12.6. The number of fused-ring (bicyclic) bond motifs is 1. The maximum absolute atomic E-state index is 12.7. The van der Waals surface area contributed by atoms with Crippen LogP contribution < -0.4 is 5.32 Å². The second kappa shape index (κ2) is 7.16. The van der Waals surface area contributed by atoms with Gasteiger partial charge in [0, 0.05) is 39.2 Å². The number of thioether (sulfide) groups is 1. The second-order valence-corrected chi connectivity index (χ2v) is 7.81. The lowest BCUT2D eigenvalue weighted by Crippen LogP contribution is -2.16. The van der Waals surface area contributed by atoms with E-state index in [2.05, 4.69) is 26.3 Å².